The number of aromatic nitrogens is 2. The first-order valence-electron chi connectivity index (χ1n) is 11.2. The maximum Gasteiger partial charge on any atom is 0.266 e. The van der Waals surface area contributed by atoms with Crippen LogP contribution in [0.1, 0.15) is 11.1 Å². The van der Waals surface area contributed by atoms with Gasteiger partial charge in [0.2, 0.25) is 0 Å². The largest absolute Gasteiger partial charge is 0.486 e. The number of benzene rings is 3. The summed E-state index contributed by atoms with van der Waals surface area (Å²) >= 11 is 0. The van der Waals surface area contributed by atoms with E-state index < -0.39 is 5.91 Å². The fraction of sp³-hybridized carbons (Fsp3) is 0.107. The first kappa shape index (κ1) is 22.0. The SMILES string of the molecule is Cc1ccccc1NC(=O)C(C#N)=Cc1cn(-c2ccccc2)nc1-c1ccc2c(c1)OCCO2. The fourth-order valence-electron chi connectivity index (χ4n) is 3.83. The van der Waals surface area contributed by atoms with Crippen molar-refractivity contribution in [2.75, 3.05) is 18.5 Å². The van der Waals surface area contributed by atoms with E-state index in [0.717, 1.165) is 16.8 Å². The highest BCUT2D eigenvalue weighted by Crippen LogP contribution is 2.36. The lowest BCUT2D eigenvalue weighted by Gasteiger charge is -2.18. The van der Waals surface area contributed by atoms with Gasteiger partial charge in [-0.1, -0.05) is 36.4 Å². The second kappa shape index (κ2) is 9.57. The zero-order chi connectivity index (χ0) is 24.2. The van der Waals surface area contributed by atoms with Crippen molar-refractivity contribution >= 4 is 17.7 Å². The number of hydrogen-bond donors (Lipinski definition) is 1. The van der Waals surface area contributed by atoms with Crippen LogP contribution in [0.5, 0.6) is 11.5 Å². The lowest BCUT2D eigenvalue weighted by molar-refractivity contribution is -0.112. The predicted molar refractivity (Wildman–Crippen MR) is 133 cm³/mol. The minimum absolute atomic E-state index is 0.0281. The number of nitrogens with zero attached hydrogens (tertiary/aromatic N) is 3. The molecule has 0 radical (unpaired) electrons. The summed E-state index contributed by atoms with van der Waals surface area (Å²) in [7, 11) is 0. The maximum absolute atomic E-state index is 13.0. The third-order valence-electron chi connectivity index (χ3n) is 5.64. The van der Waals surface area contributed by atoms with Crippen LogP contribution < -0.4 is 14.8 Å². The van der Waals surface area contributed by atoms with Gasteiger partial charge in [0.25, 0.3) is 5.91 Å². The number of nitriles is 1. The van der Waals surface area contributed by atoms with Gasteiger partial charge in [0, 0.05) is 23.0 Å². The van der Waals surface area contributed by atoms with E-state index in [0.29, 0.717) is 41.7 Å². The first-order valence-corrected chi connectivity index (χ1v) is 11.2. The Morgan fingerprint density at radius 2 is 1.77 bits per heavy atom. The van der Waals surface area contributed by atoms with Crippen molar-refractivity contribution in [3.05, 3.63) is 95.7 Å². The number of nitrogens with one attached hydrogen (secondary N) is 1. The lowest BCUT2D eigenvalue weighted by atomic mass is 10.0. The summed E-state index contributed by atoms with van der Waals surface area (Å²) < 4.78 is 13.1. The molecule has 0 aliphatic carbocycles. The zero-order valence-corrected chi connectivity index (χ0v) is 19.1. The van der Waals surface area contributed by atoms with E-state index in [2.05, 4.69) is 5.32 Å². The minimum Gasteiger partial charge on any atom is -0.486 e. The molecule has 172 valence electrons. The Labute approximate surface area is 202 Å². The Morgan fingerprint density at radius 3 is 2.54 bits per heavy atom. The molecule has 1 N–H and O–H groups in total. The number of carbonyl (C=O) groups excluding carboxylic acids is 1. The number of rotatable bonds is 5. The number of ether oxygens (including phenoxy) is 2. The van der Waals surface area contributed by atoms with Crippen LogP contribution in [0.15, 0.2) is 84.6 Å². The van der Waals surface area contributed by atoms with Crippen LogP contribution in [0.2, 0.25) is 0 Å². The molecule has 7 heteroatoms. The number of para-hydroxylation sites is 2. The number of carbonyl (C=O) groups is 1. The van der Waals surface area contributed by atoms with Crippen LogP contribution in [0.4, 0.5) is 5.69 Å². The number of fused-ring (bicyclic) bond motifs is 1. The van der Waals surface area contributed by atoms with Crippen molar-refractivity contribution in [2.45, 2.75) is 6.92 Å². The predicted octanol–water partition coefficient (Wildman–Crippen LogP) is 5.16. The van der Waals surface area contributed by atoms with E-state index in [1.807, 2.05) is 79.7 Å². The molecule has 0 saturated carbocycles. The molecule has 35 heavy (non-hydrogen) atoms. The first-order chi connectivity index (χ1) is 17.1. The summed E-state index contributed by atoms with van der Waals surface area (Å²) in [6, 6.07) is 24.7. The highest BCUT2D eigenvalue weighted by atomic mass is 16.6. The average molecular weight is 463 g/mol. The fourth-order valence-corrected chi connectivity index (χ4v) is 3.83. The van der Waals surface area contributed by atoms with E-state index in [-0.39, 0.29) is 5.57 Å². The Morgan fingerprint density at radius 1 is 1.03 bits per heavy atom. The van der Waals surface area contributed by atoms with Crippen LogP contribution >= 0.6 is 0 Å². The Hall–Kier alpha value is -4.83. The van der Waals surface area contributed by atoms with Crippen LogP contribution in [0.25, 0.3) is 23.0 Å². The molecular weight excluding hydrogens is 440 g/mol. The highest BCUT2D eigenvalue weighted by molar-refractivity contribution is 6.10. The molecule has 1 aliphatic heterocycles. The van der Waals surface area contributed by atoms with Gasteiger partial charge in [0.1, 0.15) is 30.6 Å². The molecule has 7 nitrogen and oxygen atoms in total. The highest BCUT2D eigenvalue weighted by Gasteiger charge is 2.18. The topological polar surface area (TPSA) is 89.2 Å². The van der Waals surface area contributed by atoms with E-state index in [4.69, 9.17) is 14.6 Å². The zero-order valence-electron chi connectivity index (χ0n) is 19.1. The molecule has 0 fully saturated rings. The maximum atomic E-state index is 13.0. The van der Waals surface area contributed by atoms with Crippen molar-refractivity contribution in [1.29, 1.82) is 5.26 Å². The van der Waals surface area contributed by atoms with E-state index in [9.17, 15) is 10.1 Å². The number of anilines is 1. The molecular formula is C28H22N4O3. The molecule has 1 amide bonds. The Bertz CT molecular complexity index is 1470. The average Bonchev–Trinajstić information content (AvgIpc) is 3.32. The molecule has 1 aromatic heterocycles. The van der Waals surface area contributed by atoms with Gasteiger partial charge in [-0.15, -0.1) is 0 Å². The molecule has 1 aliphatic rings. The van der Waals surface area contributed by atoms with Crippen molar-refractivity contribution < 1.29 is 14.3 Å². The molecule has 3 aromatic carbocycles. The van der Waals surface area contributed by atoms with Crippen molar-refractivity contribution in [3.8, 4) is 34.5 Å². The standard InChI is InChI=1S/C28H22N4O3/c1-19-7-5-6-10-24(19)30-28(33)21(17-29)15-22-18-32(23-8-3-2-4-9-23)31-27(22)20-11-12-25-26(16-20)35-14-13-34-25/h2-12,15-16,18H,13-14H2,1H3,(H,30,33). The quantitative estimate of drug-likeness (QED) is 0.327. The van der Waals surface area contributed by atoms with Crippen molar-refractivity contribution in [2.24, 2.45) is 0 Å². The molecule has 4 aromatic rings. The molecule has 0 saturated heterocycles. The van der Waals surface area contributed by atoms with Gasteiger partial charge in [-0.25, -0.2) is 4.68 Å². The van der Waals surface area contributed by atoms with Gasteiger partial charge in [-0.3, -0.25) is 4.79 Å². The van der Waals surface area contributed by atoms with Crippen LogP contribution in [0.3, 0.4) is 0 Å². The monoisotopic (exact) mass is 462 g/mol. The van der Waals surface area contributed by atoms with E-state index in [1.165, 1.54) is 0 Å². The molecule has 0 unspecified atom stereocenters. The molecule has 0 spiro atoms. The number of amides is 1. The van der Waals surface area contributed by atoms with Crippen LogP contribution in [-0.4, -0.2) is 28.9 Å². The van der Waals surface area contributed by atoms with Gasteiger partial charge in [-0.2, -0.15) is 10.4 Å². The van der Waals surface area contributed by atoms with Gasteiger partial charge < -0.3 is 14.8 Å². The summed E-state index contributed by atoms with van der Waals surface area (Å²) in [5, 5.41) is 17.4. The van der Waals surface area contributed by atoms with E-state index >= 15 is 0 Å². The third-order valence-corrected chi connectivity index (χ3v) is 5.64. The normalized spacial score (nSPS) is 12.6. The van der Waals surface area contributed by atoms with E-state index in [1.54, 1.807) is 23.0 Å². The minimum atomic E-state index is -0.484. The Kier molecular flexibility index (Phi) is 6.01. The second-order valence-electron chi connectivity index (χ2n) is 8.01. The van der Waals surface area contributed by atoms with Gasteiger partial charge in [0.15, 0.2) is 11.5 Å². The van der Waals surface area contributed by atoms with Crippen LogP contribution in [-0.2, 0) is 4.79 Å². The number of hydrogen-bond acceptors (Lipinski definition) is 5. The smallest absolute Gasteiger partial charge is 0.266 e. The van der Waals surface area contributed by atoms with Crippen molar-refractivity contribution in [3.63, 3.8) is 0 Å². The molecule has 0 bridgehead atoms. The summed E-state index contributed by atoms with van der Waals surface area (Å²) in [6.45, 7) is 2.87. The summed E-state index contributed by atoms with van der Waals surface area (Å²) in [5.41, 5.74) is 4.42. The van der Waals surface area contributed by atoms with Crippen LogP contribution in [0, 0.1) is 18.3 Å². The Balaban J connectivity index is 1.57. The number of aryl methyl sites for hydroxylation is 1. The second-order valence-corrected chi connectivity index (χ2v) is 8.01. The molecule has 5 rings (SSSR count). The van der Waals surface area contributed by atoms with Crippen molar-refractivity contribution in [1.82, 2.24) is 9.78 Å². The molecule has 0 atom stereocenters. The third kappa shape index (κ3) is 4.63. The van der Waals surface area contributed by atoms with Gasteiger partial charge in [0.05, 0.1) is 5.69 Å². The summed E-state index contributed by atoms with van der Waals surface area (Å²) in [6.07, 6.45) is 3.37. The van der Waals surface area contributed by atoms with Gasteiger partial charge >= 0.3 is 0 Å². The summed E-state index contributed by atoms with van der Waals surface area (Å²) in [4.78, 5) is 13.0. The summed E-state index contributed by atoms with van der Waals surface area (Å²) in [5.74, 6) is 0.827. The van der Waals surface area contributed by atoms with Gasteiger partial charge in [-0.05, 0) is 55.0 Å². The lowest BCUT2D eigenvalue weighted by Crippen LogP contribution is -2.15. The molecule has 2 heterocycles.